The molecule has 1 unspecified atom stereocenters. The Morgan fingerprint density at radius 3 is 2.35 bits per heavy atom. The molecule has 51 heavy (non-hydrogen) atoms. The van der Waals surface area contributed by atoms with E-state index in [1.165, 1.54) is 12.1 Å². The molecule has 0 saturated carbocycles. The minimum atomic E-state index is -0.985. The second-order valence-electron chi connectivity index (χ2n) is 13.2. The van der Waals surface area contributed by atoms with Crippen molar-refractivity contribution in [1.82, 2.24) is 25.1 Å². The van der Waals surface area contributed by atoms with Crippen molar-refractivity contribution in [2.75, 3.05) is 60.9 Å². The largest absolute Gasteiger partial charge is 0.369 e. The first-order valence-corrected chi connectivity index (χ1v) is 17.1. The first-order chi connectivity index (χ1) is 24.7. The molecule has 0 spiro atoms. The van der Waals surface area contributed by atoms with Gasteiger partial charge in [-0.25, -0.2) is 4.98 Å². The summed E-state index contributed by atoms with van der Waals surface area (Å²) in [5.74, 6) is -0.598. The fraction of sp³-hybridized carbons (Fsp3) is 0.333. The summed E-state index contributed by atoms with van der Waals surface area (Å²) in [6.45, 7) is 5.38. The summed E-state index contributed by atoms with van der Waals surface area (Å²) in [6, 6.07) is 19.1. The molecule has 3 aromatic carbocycles. The van der Waals surface area contributed by atoms with Crippen molar-refractivity contribution in [3.05, 3.63) is 93.5 Å². The van der Waals surface area contributed by atoms with Gasteiger partial charge in [0.2, 0.25) is 17.8 Å². The van der Waals surface area contributed by atoms with Gasteiger partial charge in [-0.3, -0.25) is 44.4 Å². The van der Waals surface area contributed by atoms with Gasteiger partial charge in [-0.2, -0.15) is 4.98 Å². The highest BCUT2D eigenvalue weighted by atomic mass is 16.6. The minimum Gasteiger partial charge on any atom is -0.369 e. The van der Waals surface area contributed by atoms with Gasteiger partial charge in [0.05, 0.1) is 21.6 Å². The van der Waals surface area contributed by atoms with Crippen LogP contribution in [0.25, 0.3) is 10.9 Å². The zero-order chi connectivity index (χ0) is 35.2. The summed E-state index contributed by atoms with van der Waals surface area (Å²) in [5.41, 5.74) is 3.34. The van der Waals surface area contributed by atoms with Gasteiger partial charge in [-0.15, -0.1) is 0 Å². The van der Waals surface area contributed by atoms with Crippen LogP contribution in [0.3, 0.4) is 0 Å². The molecule has 4 amide bonds. The smallest absolute Gasteiger partial charge is 0.269 e. The number of imide groups is 2. The third-order valence-corrected chi connectivity index (χ3v) is 10.2. The fourth-order valence-electron chi connectivity index (χ4n) is 7.30. The second-order valence-corrected chi connectivity index (χ2v) is 13.2. The summed E-state index contributed by atoms with van der Waals surface area (Å²) >= 11 is 0. The lowest BCUT2D eigenvalue weighted by Crippen LogP contribution is -2.63. The standard InChI is InChI=1S/C36H35N9O6/c46-31-12-11-30(33(47)39-31)44-34(48)26-10-9-24(19-28(26)35(44)49)41-15-17-42(18-16-41)25-20-43(21-25)36-38-29-4-2-1-3-27(29)32(40-36)37-14-13-22-5-7-23(8-6-22)45(50)51/h1-10,19,25,30H,11-18,20-21H2,(H,37,38,40)(H,39,46,47). The van der Waals surface area contributed by atoms with Gasteiger partial charge in [0, 0.05) is 81.5 Å². The van der Waals surface area contributed by atoms with E-state index in [0.717, 1.165) is 72.1 Å². The Kier molecular flexibility index (Phi) is 8.26. The molecule has 5 heterocycles. The third-order valence-electron chi connectivity index (χ3n) is 10.2. The lowest BCUT2D eigenvalue weighted by Gasteiger charge is -2.48. The highest BCUT2D eigenvalue weighted by Crippen LogP contribution is 2.32. The van der Waals surface area contributed by atoms with Crippen LogP contribution in [0.1, 0.15) is 39.1 Å². The molecule has 1 aromatic heterocycles. The van der Waals surface area contributed by atoms with E-state index < -0.39 is 34.6 Å². The highest BCUT2D eigenvalue weighted by molar-refractivity contribution is 6.23. The summed E-state index contributed by atoms with van der Waals surface area (Å²) < 4.78 is 0. The number of nitro benzene ring substituents is 1. The number of para-hydroxylation sites is 1. The Labute approximate surface area is 292 Å². The summed E-state index contributed by atoms with van der Waals surface area (Å²) in [6.07, 6.45) is 0.893. The molecular weight excluding hydrogens is 654 g/mol. The van der Waals surface area contributed by atoms with Crippen LogP contribution in [0, 0.1) is 10.1 Å². The van der Waals surface area contributed by atoms with Crippen LogP contribution in [0.5, 0.6) is 0 Å². The molecule has 15 nitrogen and oxygen atoms in total. The average Bonchev–Trinajstić information content (AvgIpc) is 3.36. The van der Waals surface area contributed by atoms with Crippen LogP contribution in [-0.2, 0) is 16.0 Å². The molecule has 260 valence electrons. The predicted molar refractivity (Wildman–Crippen MR) is 188 cm³/mol. The molecule has 0 radical (unpaired) electrons. The lowest BCUT2D eigenvalue weighted by atomic mass is 10.0. The van der Waals surface area contributed by atoms with Crippen molar-refractivity contribution in [3.8, 4) is 0 Å². The van der Waals surface area contributed by atoms with E-state index in [2.05, 4.69) is 25.3 Å². The number of nitro groups is 1. The number of hydrogen-bond donors (Lipinski definition) is 2. The third kappa shape index (κ3) is 6.09. The molecule has 1 atom stereocenters. The maximum absolute atomic E-state index is 13.3. The second kappa shape index (κ2) is 13.1. The number of fused-ring (bicyclic) bond motifs is 2. The molecule has 0 aliphatic carbocycles. The van der Waals surface area contributed by atoms with Gasteiger partial charge in [0.1, 0.15) is 11.9 Å². The zero-order valence-corrected chi connectivity index (χ0v) is 27.7. The number of carbonyl (C=O) groups excluding carboxylic acids is 4. The molecule has 3 saturated heterocycles. The number of non-ortho nitro benzene ring substituents is 1. The van der Waals surface area contributed by atoms with Crippen molar-refractivity contribution >= 4 is 57.7 Å². The fourth-order valence-corrected chi connectivity index (χ4v) is 7.30. The number of piperidine rings is 1. The van der Waals surface area contributed by atoms with E-state index in [9.17, 15) is 29.3 Å². The molecular formula is C36H35N9O6. The Hall–Kier alpha value is -5.96. The van der Waals surface area contributed by atoms with Gasteiger partial charge < -0.3 is 15.1 Å². The van der Waals surface area contributed by atoms with Gasteiger partial charge >= 0.3 is 0 Å². The number of nitrogens with one attached hydrogen (secondary N) is 2. The predicted octanol–water partition coefficient (Wildman–Crippen LogP) is 2.60. The number of benzene rings is 3. The first kappa shape index (κ1) is 32.3. The van der Waals surface area contributed by atoms with Crippen LogP contribution in [0.4, 0.5) is 23.1 Å². The van der Waals surface area contributed by atoms with E-state index in [-0.39, 0.29) is 29.7 Å². The normalized spacial score (nSPS) is 19.7. The highest BCUT2D eigenvalue weighted by Gasteiger charge is 2.45. The number of amides is 4. The maximum atomic E-state index is 13.3. The number of piperazine rings is 1. The molecule has 4 aliphatic heterocycles. The van der Waals surface area contributed by atoms with Gasteiger partial charge in [0.25, 0.3) is 17.5 Å². The van der Waals surface area contributed by atoms with Crippen LogP contribution >= 0.6 is 0 Å². The van der Waals surface area contributed by atoms with Crippen LogP contribution in [0.15, 0.2) is 66.7 Å². The molecule has 0 bridgehead atoms. The Bertz CT molecular complexity index is 2080. The molecule has 4 aromatic rings. The van der Waals surface area contributed by atoms with Crippen molar-refractivity contribution in [1.29, 1.82) is 0 Å². The average molecular weight is 690 g/mol. The van der Waals surface area contributed by atoms with Crippen molar-refractivity contribution in [2.45, 2.75) is 31.3 Å². The van der Waals surface area contributed by atoms with E-state index in [4.69, 9.17) is 9.97 Å². The number of carbonyl (C=O) groups is 4. The quantitative estimate of drug-likeness (QED) is 0.150. The monoisotopic (exact) mass is 689 g/mol. The number of anilines is 3. The van der Waals surface area contributed by atoms with Gasteiger partial charge in [-0.1, -0.05) is 24.3 Å². The van der Waals surface area contributed by atoms with E-state index in [1.54, 1.807) is 24.3 Å². The molecule has 3 fully saturated rings. The number of aromatic nitrogens is 2. The topological polar surface area (TPSA) is 174 Å². The van der Waals surface area contributed by atoms with Crippen molar-refractivity contribution < 1.29 is 24.1 Å². The summed E-state index contributed by atoms with van der Waals surface area (Å²) in [5, 5.41) is 17.6. The number of hydrogen-bond acceptors (Lipinski definition) is 12. The molecule has 8 rings (SSSR count). The summed E-state index contributed by atoms with van der Waals surface area (Å²) in [4.78, 5) is 78.6. The lowest BCUT2D eigenvalue weighted by molar-refractivity contribution is -0.384. The maximum Gasteiger partial charge on any atom is 0.269 e. The molecule has 4 aliphatic rings. The van der Waals surface area contributed by atoms with E-state index in [0.29, 0.717) is 25.0 Å². The zero-order valence-electron chi connectivity index (χ0n) is 27.7. The Morgan fingerprint density at radius 2 is 1.61 bits per heavy atom. The van der Waals surface area contributed by atoms with E-state index in [1.807, 2.05) is 30.3 Å². The first-order valence-electron chi connectivity index (χ1n) is 17.1. The molecule has 15 heteroatoms. The summed E-state index contributed by atoms with van der Waals surface area (Å²) in [7, 11) is 0. The van der Waals surface area contributed by atoms with Crippen molar-refractivity contribution in [2.24, 2.45) is 0 Å². The van der Waals surface area contributed by atoms with Gasteiger partial charge in [-0.05, 0) is 48.7 Å². The van der Waals surface area contributed by atoms with Crippen LogP contribution in [0.2, 0.25) is 0 Å². The van der Waals surface area contributed by atoms with Crippen LogP contribution in [-0.4, -0.2) is 106 Å². The number of rotatable bonds is 9. The molecule has 2 N–H and O–H groups in total. The SMILES string of the molecule is O=C1CCC(N2C(=O)c3ccc(N4CCN(C5CN(c6nc(NCCc7ccc([N+](=O)[O-])cc7)c7ccccc7n6)C5)CC4)cc3C2=O)C(=O)N1. The minimum absolute atomic E-state index is 0.0741. The van der Waals surface area contributed by atoms with Crippen molar-refractivity contribution in [3.63, 3.8) is 0 Å². The van der Waals surface area contributed by atoms with Crippen LogP contribution < -0.4 is 20.4 Å². The Balaban J connectivity index is 0.872. The van der Waals surface area contributed by atoms with E-state index >= 15 is 0 Å². The number of nitrogens with zero attached hydrogens (tertiary/aromatic N) is 7. The Morgan fingerprint density at radius 1 is 0.863 bits per heavy atom. The van der Waals surface area contributed by atoms with Gasteiger partial charge in [0.15, 0.2) is 0 Å².